The maximum Gasteiger partial charge on any atom is 0.227 e. The number of anilines is 3. The number of benzene rings is 8. The van der Waals surface area contributed by atoms with E-state index in [0.29, 0.717) is 11.5 Å². The van der Waals surface area contributed by atoms with Crippen LogP contribution in [0.15, 0.2) is 195 Å². The van der Waals surface area contributed by atoms with Crippen molar-refractivity contribution in [3.8, 4) is 33.7 Å². The summed E-state index contributed by atoms with van der Waals surface area (Å²) in [6.07, 6.45) is 0. The van der Waals surface area contributed by atoms with Gasteiger partial charge in [-0.05, 0) is 89.5 Å². The molecule has 0 N–H and O–H groups in total. The number of aromatic nitrogens is 1. The molecule has 0 unspecified atom stereocenters. The van der Waals surface area contributed by atoms with Crippen LogP contribution in [0.2, 0.25) is 0 Å². The van der Waals surface area contributed by atoms with Gasteiger partial charge in [0.1, 0.15) is 27.8 Å². The van der Waals surface area contributed by atoms with Gasteiger partial charge in [0.25, 0.3) is 0 Å². The third-order valence-electron chi connectivity index (χ3n) is 10.3. The highest BCUT2D eigenvalue weighted by Gasteiger charge is 2.20. The standard InChI is InChI=1S/C49H30N2O3/c1-3-11-31(12-4-1)34-15-9-16-36(29-34)51(35-23-21-32(22-24-35)38-18-10-19-40-39-17-7-8-20-43(39)53-47(38)40)37-25-27-44-41(30-37)46-45(52-44)28-26-42-48(46)54-49(50-42)33-13-5-2-6-14-33/h1-30H. The maximum atomic E-state index is 6.48. The van der Waals surface area contributed by atoms with Crippen LogP contribution in [0.1, 0.15) is 0 Å². The molecule has 54 heavy (non-hydrogen) atoms. The molecule has 0 fully saturated rings. The van der Waals surface area contributed by atoms with Gasteiger partial charge < -0.3 is 18.2 Å². The Morgan fingerprint density at radius 2 is 1.04 bits per heavy atom. The number of rotatable bonds is 6. The number of fused-ring (bicyclic) bond motifs is 8. The highest BCUT2D eigenvalue weighted by molar-refractivity contribution is 6.17. The van der Waals surface area contributed by atoms with Crippen molar-refractivity contribution in [1.29, 1.82) is 0 Å². The second-order valence-corrected chi connectivity index (χ2v) is 13.5. The Labute approximate surface area is 309 Å². The molecule has 8 aromatic carbocycles. The van der Waals surface area contributed by atoms with Crippen molar-refractivity contribution in [3.63, 3.8) is 0 Å². The van der Waals surface area contributed by atoms with E-state index in [1.54, 1.807) is 0 Å². The van der Waals surface area contributed by atoms with E-state index in [1.807, 2.05) is 60.7 Å². The van der Waals surface area contributed by atoms with Crippen molar-refractivity contribution in [1.82, 2.24) is 4.98 Å². The number of hydrogen-bond acceptors (Lipinski definition) is 5. The van der Waals surface area contributed by atoms with Gasteiger partial charge in [0.05, 0.1) is 5.39 Å². The summed E-state index contributed by atoms with van der Waals surface area (Å²) in [4.78, 5) is 7.15. The van der Waals surface area contributed by atoms with E-state index < -0.39 is 0 Å². The van der Waals surface area contributed by atoms with Crippen molar-refractivity contribution in [2.24, 2.45) is 0 Å². The lowest BCUT2D eigenvalue weighted by molar-refractivity contribution is 0.622. The third kappa shape index (κ3) is 4.90. The Morgan fingerprint density at radius 3 is 1.89 bits per heavy atom. The summed E-state index contributed by atoms with van der Waals surface area (Å²) in [6.45, 7) is 0. The molecule has 5 nitrogen and oxygen atoms in total. The lowest BCUT2D eigenvalue weighted by Gasteiger charge is -2.26. The average molecular weight is 695 g/mol. The monoisotopic (exact) mass is 694 g/mol. The molecule has 5 heteroatoms. The Balaban J connectivity index is 1.08. The molecule has 254 valence electrons. The lowest BCUT2D eigenvalue weighted by atomic mass is 10.0. The van der Waals surface area contributed by atoms with Gasteiger partial charge in [0.2, 0.25) is 5.89 Å². The first-order chi connectivity index (χ1) is 26.7. The Hall–Kier alpha value is -7.37. The minimum atomic E-state index is 0.585. The zero-order valence-electron chi connectivity index (χ0n) is 28.9. The fraction of sp³-hybridized carbons (Fsp3) is 0. The van der Waals surface area contributed by atoms with Crippen molar-refractivity contribution in [3.05, 3.63) is 182 Å². The number of nitrogens with zero attached hydrogens (tertiary/aromatic N) is 2. The van der Waals surface area contributed by atoms with Crippen LogP contribution in [0.25, 0.3) is 88.7 Å². The summed E-state index contributed by atoms with van der Waals surface area (Å²) < 4.78 is 19.3. The molecule has 0 saturated heterocycles. The summed E-state index contributed by atoms with van der Waals surface area (Å²) in [5.41, 5.74) is 13.2. The lowest BCUT2D eigenvalue weighted by Crippen LogP contribution is -2.10. The fourth-order valence-corrected chi connectivity index (χ4v) is 7.74. The summed E-state index contributed by atoms with van der Waals surface area (Å²) in [5.74, 6) is 0.585. The minimum absolute atomic E-state index is 0.585. The van der Waals surface area contributed by atoms with E-state index in [2.05, 4.69) is 126 Å². The predicted octanol–water partition coefficient (Wildman–Crippen LogP) is 14.1. The summed E-state index contributed by atoms with van der Waals surface area (Å²) >= 11 is 0. The quantitative estimate of drug-likeness (QED) is 0.173. The maximum absolute atomic E-state index is 6.48. The highest BCUT2D eigenvalue weighted by Crippen LogP contribution is 2.43. The summed E-state index contributed by atoms with van der Waals surface area (Å²) in [5, 5.41) is 4.10. The van der Waals surface area contributed by atoms with Gasteiger partial charge >= 0.3 is 0 Å². The smallest absolute Gasteiger partial charge is 0.227 e. The topological polar surface area (TPSA) is 55.6 Å². The van der Waals surface area contributed by atoms with Gasteiger partial charge in [0.15, 0.2) is 5.58 Å². The molecule has 0 saturated carbocycles. The molecule has 11 aromatic rings. The van der Waals surface area contributed by atoms with Gasteiger partial charge in [-0.1, -0.05) is 109 Å². The van der Waals surface area contributed by atoms with Gasteiger partial charge in [-0.15, -0.1) is 0 Å². The largest absolute Gasteiger partial charge is 0.456 e. The van der Waals surface area contributed by atoms with E-state index in [-0.39, 0.29) is 0 Å². The minimum Gasteiger partial charge on any atom is -0.456 e. The zero-order valence-corrected chi connectivity index (χ0v) is 28.9. The Kier molecular flexibility index (Phi) is 6.79. The molecule has 0 aliphatic rings. The van der Waals surface area contributed by atoms with Gasteiger partial charge in [-0.25, -0.2) is 4.98 Å². The van der Waals surface area contributed by atoms with E-state index in [9.17, 15) is 0 Å². The number of furan rings is 2. The van der Waals surface area contributed by atoms with Gasteiger partial charge in [-0.3, -0.25) is 0 Å². The molecule has 3 heterocycles. The number of para-hydroxylation sites is 2. The normalized spacial score (nSPS) is 11.7. The van der Waals surface area contributed by atoms with Crippen LogP contribution < -0.4 is 4.90 Å². The van der Waals surface area contributed by atoms with Crippen LogP contribution in [0.5, 0.6) is 0 Å². The van der Waals surface area contributed by atoms with Crippen LogP contribution in [-0.2, 0) is 0 Å². The molecular formula is C49H30N2O3. The molecule has 0 atom stereocenters. The highest BCUT2D eigenvalue weighted by atomic mass is 16.4. The molecule has 0 radical (unpaired) electrons. The molecule has 0 bridgehead atoms. The molecule has 0 aliphatic carbocycles. The Bertz CT molecular complexity index is 3160. The SMILES string of the molecule is c1ccc(-c2cccc(N(c3ccc(-c4cccc5c4oc4ccccc45)cc3)c3ccc4oc5ccc6nc(-c7ccccc7)oc6c5c4c3)c2)cc1. The van der Waals surface area contributed by atoms with Gasteiger partial charge in [0, 0.05) is 44.3 Å². The molecule has 0 spiro atoms. The average Bonchev–Trinajstić information content (AvgIpc) is 3.95. The Morgan fingerprint density at radius 1 is 0.370 bits per heavy atom. The van der Waals surface area contributed by atoms with E-state index in [1.165, 1.54) is 0 Å². The van der Waals surface area contributed by atoms with Crippen molar-refractivity contribution in [2.45, 2.75) is 0 Å². The van der Waals surface area contributed by atoms with Gasteiger partial charge in [-0.2, -0.15) is 0 Å². The summed E-state index contributed by atoms with van der Waals surface area (Å²) in [6, 6.07) is 62.8. The molecule has 0 aliphatic heterocycles. The fourth-order valence-electron chi connectivity index (χ4n) is 7.74. The van der Waals surface area contributed by atoms with Crippen LogP contribution in [-0.4, -0.2) is 4.98 Å². The van der Waals surface area contributed by atoms with Crippen molar-refractivity contribution >= 4 is 72.0 Å². The van der Waals surface area contributed by atoms with Crippen molar-refractivity contribution in [2.75, 3.05) is 4.90 Å². The summed E-state index contributed by atoms with van der Waals surface area (Å²) in [7, 11) is 0. The molecule has 0 amide bonds. The van der Waals surface area contributed by atoms with E-state index >= 15 is 0 Å². The first-order valence-electron chi connectivity index (χ1n) is 18.0. The van der Waals surface area contributed by atoms with E-state index in [0.717, 1.165) is 94.3 Å². The molecule has 3 aromatic heterocycles. The van der Waals surface area contributed by atoms with E-state index in [4.69, 9.17) is 18.2 Å². The van der Waals surface area contributed by atoms with Crippen LogP contribution >= 0.6 is 0 Å². The van der Waals surface area contributed by atoms with Crippen molar-refractivity contribution < 1.29 is 13.3 Å². The third-order valence-corrected chi connectivity index (χ3v) is 10.3. The second-order valence-electron chi connectivity index (χ2n) is 13.5. The van der Waals surface area contributed by atoms with Crippen LogP contribution in [0.3, 0.4) is 0 Å². The predicted molar refractivity (Wildman–Crippen MR) is 220 cm³/mol. The molecule has 11 rings (SSSR count). The zero-order chi connectivity index (χ0) is 35.6. The first kappa shape index (κ1) is 30.3. The first-order valence-corrected chi connectivity index (χ1v) is 18.0. The van der Waals surface area contributed by atoms with Crippen LogP contribution in [0.4, 0.5) is 17.1 Å². The number of hydrogen-bond donors (Lipinski definition) is 0. The van der Waals surface area contributed by atoms with Crippen LogP contribution in [0, 0.1) is 0 Å². The number of oxazole rings is 1. The second kappa shape index (κ2) is 12.1. The molecular weight excluding hydrogens is 665 g/mol.